The lowest BCUT2D eigenvalue weighted by Crippen LogP contribution is -2.45. The average molecular weight is 403 g/mol. The van der Waals surface area contributed by atoms with Gasteiger partial charge in [0, 0.05) is 61.6 Å². The molecule has 1 aliphatic heterocycles. The van der Waals surface area contributed by atoms with Crippen molar-refractivity contribution in [3.05, 3.63) is 82.7 Å². The fourth-order valence-corrected chi connectivity index (χ4v) is 3.79. The molecule has 0 radical (unpaired) electrons. The van der Waals surface area contributed by atoms with Gasteiger partial charge in [-0.1, -0.05) is 24.8 Å². The van der Waals surface area contributed by atoms with E-state index in [-0.39, 0.29) is 10.6 Å². The standard InChI is InChI=1S/C23H25N5O2/c1-17(2)26-9-11-27(12-10-26)20-14-21-22(7-4-8-23(21)25-16-20)24-15-18-5-3-6-19(13-18)28(29)30/h3-8,13-14,16,24H,1,9-12,15H2,2H3. The molecule has 0 aliphatic carbocycles. The molecule has 1 N–H and O–H groups in total. The minimum Gasteiger partial charge on any atom is -0.380 e. The van der Waals surface area contributed by atoms with E-state index in [1.807, 2.05) is 37.4 Å². The van der Waals surface area contributed by atoms with Crippen LogP contribution in [0.2, 0.25) is 0 Å². The molecule has 1 aliphatic rings. The number of fused-ring (bicyclic) bond motifs is 1. The van der Waals surface area contributed by atoms with Gasteiger partial charge in [0.15, 0.2) is 0 Å². The Balaban J connectivity index is 1.54. The van der Waals surface area contributed by atoms with Gasteiger partial charge in [-0.2, -0.15) is 0 Å². The summed E-state index contributed by atoms with van der Waals surface area (Å²) < 4.78 is 0. The smallest absolute Gasteiger partial charge is 0.269 e. The molecule has 7 heteroatoms. The number of anilines is 2. The second-order valence-corrected chi connectivity index (χ2v) is 7.56. The van der Waals surface area contributed by atoms with Crippen molar-refractivity contribution in [2.24, 2.45) is 0 Å². The molecule has 4 rings (SSSR count). The molecular formula is C23H25N5O2. The molecule has 0 atom stereocenters. The Morgan fingerprint density at radius 1 is 1.17 bits per heavy atom. The number of pyridine rings is 1. The summed E-state index contributed by atoms with van der Waals surface area (Å²) in [4.78, 5) is 20.0. The topological polar surface area (TPSA) is 74.5 Å². The molecule has 154 valence electrons. The van der Waals surface area contributed by atoms with E-state index in [0.29, 0.717) is 6.54 Å². The number of nitro benzene ring substituents is 1. The van der Waals surface area contributed by atoms with Gasteiger partial charge in [-0.05, 0) is 30.7 Å². The first-order valence-electron chi connectivity index (χ1n) is 10.0. The van der Waals surface area contributed by atoms with Gasteiger partial charge in [-0.25, -0.2) is 0 Å². The first kappa shape index (κ1) is 19.7. The van der Waals surface area contributed by atoms with Crippen molar-refractivity contribution in [3.63, 3.8) is 0 Å². The Morgan fingerprint density at radius 2 is 1.93 bits per heavy atom. The van der Waals surface area contributed by atoms with Gasteiger partial charge < -0.3 is 15.1 Å². The van der Waals surface area contributed by atoms with Gasteiger partial charge >= 0.3 is 0 Å². The third kappa shape index (κ3) is 4.20. The minimum absolute atomic E-state index is 0.102. The summed E-state index contributed by atoms with van der Waals surface area (Å²) in [5, 5.41) is 15.5. The Kier molecular flexibility index (Phi) is 5.52. The van der Waals surface area contributed by atoms with Gasteiger partial charge in [0.2, 0.25) is 0 Å². The summed E-state index contributed by atoms with van der Waals surface area (Å²) in [5.74, 6) is 0. The van der Waals surface area contributed by atoms with Crippen molar-refractivity contribution >= 4 is 28.0 Å². The number of hydrogen-bond acceptors (Lipinski definition) is 6. The number of benzene rings is 2. The van der Waals surface area contributed by atoms with Crippen LogP contribution >= 0.6 is 0 Å². The number of aromatic nitrogens is 1. The number of nitrogens with zero attached hydrogens (tertiary/aromatic N) is 4. The largest absolute Gasteiger partial charge is 0.380 e. The first-order valence-corrected chi connectivity index (χ1v) is 10.0. The number of rotatable bonds is 6. The molecule has 3 aromatic rings. The molecule has 1 aromatic heterocycles. The number of hydrogen-bond donors (Lipinski definition) is 1. The molecule has 30 heavy (non-hydrogen) atoms. The molecule has 7 nitrogen and oxygen atoms in total. The highest BCUT2D eigenvalue weighted by molar-refractivity contribution is 5.93. The second kappa shape index (κ2) is 8.41. The predicted molar refractivity (Wildman–Crippen MR) is 121 cm³/mol. The third-order valence-corrected chi connectivity index (χ3v) is 5.50. The zero-order valence-electron chi connectivity index (χ0n) is 17.0. The number of nitro groups is 1. The maximum atomic E-state index is 11.0. The van der Waals surface area contributed by atoms with Crippen LogP contribution in [0.3, 0.4) is 0 Å². The van der Waals surface area contributed by atoms with E-state index in [9.17, 15) is 10.1 Å². The van der Waals surface area contributed by atoms with Crippen LogP contribution in [-0.4, -0.2) is 41.0 Å². The molecule has 0 amide bonds. The van der Waals surface area contributed by atoms with E-state index in [2.05, 4.69) is 32.7 Å². The molecule has 1 saturated heterocycles. The molecule has 1 fully saturated rings. The molecule has 0 saturated carbocycles. The molecule has 0 spiro atoms. The highest BCUT2D eigenvalue weighted by Crippen LogP contribution is 2.28. The van der Waals surface area contributed by atoms with Crippen LogP contribution in [0.5, 0.6) is 0 Å². The van der Waals surface area contributed by atoms with Gasteiger partial charge in [0.05, 0.1) is 22.3 Å². The average Bonchev–Trinajstić information content (AvgIpc) is 2.77. The molecule has 2 aromatic carbocycles. The monoisotopic (exact) mass is 403 g/mol. The van der Waals surface area contributed by atoms with Crippen molar-refractivity contribution in [2.45, 2.75) is 13.5 Å². The van der Waals surface area contributed by atoms with Crippen LogP contribution in [0.25, 0.3) is 10.9 Å². The van der Waals surface area contributed by atoms with Crippen LogP contribution < -0.4 is 10.2 Å². The summed E-state index contributed by atoms with van der Waals surface area (Å²) in [6, 6.07) is 14.9. The predicted octanol–water partition coefficient (Wildman–Crippen LogP) is 4.41. The lowest BCUT2D eigenvalue weighted by Gasteiger charge is -2.37. The summed E-state index contributed by atoms with van der Waals surface area (Å²) >= 11 is 0. The van der Waals surface area contributed by atoms with Gasteiger partial charge in [0.25, 0.3) is 5.69 Å². The van der Waals surface area contributed by atoms with Gasteiger partial charge in [-0.3, -0.25) is 15.1 Å². The fraction of sp³-hybridized carbons (Fsp3) is 0.261. The van der Waals surface area contributed by atoms with Crippen LogP contribution in [0.4, 0.5) is 17.1 Å². The number of non-ortho nitro benzene ring substituents is 1. The van der Waals surface area contributed by atoms with Crippen molar-refractivity contribution in [1.29, 1.82) is 0 Å². The van der Waals surface area contributed by atoms with E-state index < -0.39 is 0 Å². The van der Waals surface area contributed by atoms with Crippen molar-refractivity contribution < 1.29 is 4.92 Å². The van der Waals surface area contributed by atoms with E-state index in [1.165, 1.54) is 6.07 Å². The fourth-order valence-electron chi connectivity index (χ4n) is 3.79. The Hall–Kier alpha value is -3.61. The maximum absolute atomic E-state index is 11.0. The summed E-state index contributed by atoms with van der Waals surface area (Å²) in [6.07, 6.45) is 1.93. The highest BCUT2D eigenvalue weighted by Gasteiger charge is 2.17. The van der Waals surface area contributed by atoms with Crippen LogP contribution in [0, 0.1) is 10.1 Å². The van der Waals surface area contributed by atoms with Gasteiger partial charge in [-0.15, -0.1) is 0 Å². The van der Waals surface area contributed by atoms with Crippen molar-refractivity contribution in [1.82, 2.24) is 9.88 Å². The van der Waals surface area contributed by atoms with Crippen LogP contribution in [0.1, 0.15) is 12.5 Å². The van der Waals surface area contributed by atoms with E-state index in [0.717, 1.165) is 59.7 Å². The Morgan fingerprint density at radius 3 is 2.67 bits per heavy atom. The molecule has 2 heterocycles. The summed E-state index contributed by atoms with van der Waals surface area (Å²) in [7, 11) is 0. The quantitative estimate of drug-likeness (QED) is 0.485. The van der Waals surface area contributed by atoms with Gasteiger partial charge in [0.1, 0.15) is 0 Å². The lowest BCUT2D eigenvalue weighted by atomic mass is 10.1. The summed E-state index contributed by atoms with van der Waals surface area (Å²) in [6.45, 7) is 10.4. The molecule has 0 unspecified atom stereocenters. The van der Waals surface area contributed by atoms with Crippen molar-refractivity contribution in [3.8, 4) is 0 Å². The Labute approximate surface area is 175 Å². The summed E-state index contributed by atoms with van der Waals surface area (Å²) in [5.41, 5.74) is 5.07. The normalized spacial score (nSPS) is 14.0. The second-order valence-electron chi connectivity index (χ2n) is 7.56. The van der Waals surface area contributed by atoms with Crippen LogP contribution in [0.15, 0.2) is 67.0 Å². The van der Waals surface area contributed by atoms with Crippen molar-refractivity contribution in [2.75, 3.05) is 36.4 Å². The van der Waals surface area contributed by atoms with E-state index >= 15 is 0 Å². The van der Waals surface area contributed by atoms with Crippen LogP contribution in [-0.2, 0) is 6.54 Å². The number of allylic oxidation sites excluding steroid dienone is 1. The number of nitrogens with one attached hydrogen (secondary N) is 1. The molecular weight excluding hydrogens is 378 g/mol. The Bertz CT molecular complexity index is 1090. The first-order chi connectivity index (χ1) is 14.5. The van der Waals surface area contributed by atoms with E-state index in [1.54, 1.807) is 12.1 Å². The zero-order chi connectivity index (χ0) is 21.1. The van der Waals surface area contributed by atoms with E-state index in [4.69, 9.17) is 0 Å². The maximum Gasteiger partial charge on any atom is 0.269 e. The number of piperazine rings is 1. The highest BCUT2D eigenvalue weighted by atomic mass is 16.6. The lowest BCUT2D eigenvalue weighted by molar-refractivity contribution is -0.384. The minimum atomic E-state index is -0.370. The molecule has 0 bridgehead atoms. The third-order valence-electron chi connectivity index (χ3n) is 5.50. The zero-order valence-corrected chi connectivity index (χ0v) is 17.0. The SMILES string of the molecule is C=C(C)N1CCN(c2cnc3cccc(NCc4cccc([N+](=O)[O-])c4)c3c2)CC1.